The normalized spacial score (nSPS) is 11.1. The Balaban J connectivity index is 2.03. The molecule has 0 radical (unpaired) electrons. The lowest BCUT2D eigenvalue weighted by molar-refractivity contribution is -0.116. The third-order valence-corrected chi connectivity index (χ3v) is 2.36. The van der Waals surface area contributed by atoms with Crippen LogP contribution in [0.4, 0.5) is 0 Å². The molecule has 0 fully saturated rings. The number of nitrogens with zero attached hydrogens (tertiary/aromatic N) is 4. The number of amides is 1. The Morgan fingerprint density at radius 2 is 2.05 bits per heavy atom. The van der Waals surface area contributed by atoms with Gasteiger partial charge < -0.3 is 5.32 Å². The van der Waals surface area contributed by atoms with Crippen molar-refractivity contribution in [3.63, 3.8) is 0 Å². The van der Waals surface area contributed by atoms with Gasteiger partial charge in [-0.15, -0.1) is 5.10 Å². The maximum absolute atomic E-state index is 11.5. The van der Waals surface area contributed by atoms with Gasteiger partial charge in [0.25, 0.3) is 0 Å². The van der Waals surface area contributed by atoms with Gasteiger partial charge >= 0.3 is 0 Å². The van der Waals surface area contributed by atoms with Crippen LogP contribution in [0.15, 0.2) is 36.7 Å². The zero-order valence-corrected chi connectivity index (χ0v) is 10.8. The highest BCUT2D eigenvalue weighted by Crippen LogP contribution is 2.08. The first-order valence-corrected chi connectivity index (χ1v) is 5.97. The van der Waals surface area contributed by atoms with Crippen LogP contribution in [0.5, 0.6) is 0 Å². The van der Waals surface area contributed by atoms with Gasteiger partial charge in [0.1, 0.15) is 6.33 Å². The number of carbonyl (C=O) groups excluding carboxylic acids is 1. The molecule has 0 atom stereocenters. The van der Waals surface area contributed by atoms with Crippen molar-refractivity contribution in [1.29, 1.82) is 0 Å². The standard InChI is InChI=1S/C13H15N5O/c1-10(2)15-13(19)8-5-11-3-6-12(7-4-11)18-9-14-16-17-18/h3-10H,1-2H3,(H,15,19)/b8-5+. The molecule has 1 heterocycles. The molecule has 1 N–H and O–H groups in total. The molecule has 0 saturated carbocycles. The van der Waals surface area contributed by atoms with Crippen LogP contribution < -0.4 is 5.32 Å². The summed E-state index contributed by atoms with van der Waals surface area (Å²) in [5, 5.41) is 13.7. The van der Waals surface area contributed by atoms with E-state index in [1.807, 2.05) is 38.1 Å². The first kappa shape index (κ1) is 12.9. The van der Waals surface area contributed by atoms with Crippen molar-refractivity contribution in [3.8, 4) is 5.69 Å². The number of aromatic nitrogens is 4. The highest BCUT2D eigenvalue weighted by molar-refractivity contribution is 5.91. The number of hydrogen-bond acceptors (Lipinski definition) is 4. The Bertz CT molecular complexity index is 557. The average Bonchev–Trinajstić information content (AvgIpc) is 2.90. The van der Waals surface area contributed by atoms with Crippen molar-refractivity contribution in [2.75, 3.05) is 0 Å². The SMILES string of the molecule is CC(C)NC(=O)/C=C/c1ccc(-n2cnnn2)cc1. The summed E-state index contributed by atoms with van der Waals surface area (Å²) >= 11 is 0. The second-order valence-electron chi connectivity index (χ2n) is 4.34. The molecule has 2 aromatic rings. The van der Waals surface area contributed by atoms with E-state index in [1.165, 1.54) is 12.4 Å². The van der Waals surface area contributed by atoms with Crippen LogP contribution in [0, 0.1) is 0 Å². The molecule has 1 amide bonds. The van der Waals surface area contributed by atoms with Gasteiger partial charge in [-0.2, -0.15) is 0 Å². The van der Waals surface area contributed by atoms with Crippen LogP contribution in [0.3, 0.4) is 0 Å². The van der Waals surface area contributed by atoms with Crippen molar-refractivity contribution in [2.45, 2.75) is 19.9 Å². The molecule has 1 aromatic heterocycles. The largest absolute Gasteiger partial charge is 0.350 e. The highest BCUT2D eigenvalue weighted by atomic mass is 16.1. The van der Waals surface area contributed by atoms with E-state index in [0.717, 1.165) is 11.3 Å². The minimum atomic E-state index is -0.0976. The Morgan fingerprint density at radius 1 is 1.32 bits per heavy atom. The molecule has 0 aliphatic rings. The Morgan fingerprint density at radius 3 is 2.63 bits per heavy atom. The summed E-state index contributed by atoms with van der Waals surface area (Å²) < 4.78 is 1.57. The van der Waals surface area contributed by atoms with E-state index in [0.29, 0.717) is 0 Å². The van der Waals surface area contributed by atoms with Crippen molar-refractivity contribution in [3.05, 3.63) is 42.2 Å². The van der Waals surface area contributed by atoms with Crippen LogP contribution in [-0.4, -0.2) is 32.2 Å². The molecule has 0 aliphatic carbocycles. The van der Waals surface area contributed by atoms with Gasteiger partial charge in [-0.3, -0.25) is 4.79 Å². The Hall–Kier alpha value is -2.50. The molecule has 6 nitrogen and oxygen atoms in total. The smallest absolute Gasteiger partial charge is 0.244 e. The summed E-state index contributed by atoms with van der Waals surface area (Å²) in [7, 11) is 0. The quantitative estimate of drug-likeness (QED) is 0.835. The highest BCUT2D eigenvalue weighted by Gasteiger charge is 1.99. The van der Waals surface area contributed by atoms with Gasteiger partial charge in [0.05, 0.1) is 5.69 Å². The fraction of sp³-hybridized carbons (Fsp3) is 0.231. The van der Waals surface area contributed by atoms with E-state index >= 15 is 0 Å². The van der Waals surface area contributed by atoms with Crippen LogP contribution in [0.2, 0.25) is 0 Å². The second-order valence-corrected chi connectivity index (χ2v) is 4.34. The fourth-order valence-corrected chi connectivity index (χ4v) is 1.52. The van der Waals surface area contributed by atoms with Crippen molar-refractivity contribution >= 4 is 12.0 Å². The Kier molecular flexibility index (Phi) is 4.02. The lowest BCUT2D eigenvalue weighted by Gasteiger charge is -2.04. The number of rotatable bonds is 4. The van der Waals surface area contributed by atoms with Gasteiger partial charge in [-0.1, -0.05) is 12.1 Å². The monoisotopic (exact) mass is 257 g/mol. The first-order valence-electron chi connectivity index (χ1n) is 5.97. The Labute approximate surface area is 111 Å². The minimum absolute atomic E-state index is 0.0976. The lowest BCUT2D eigenvalue weighted by Crippen LogP contribution is -2.28. The molecular weight excluding hydrogens is 242 g/mol. The van der Waals surface area contributed by atoms with Crippen LogP contribution in [0.25, 0.3) is 11.8 Å². The van der Waals surface area contributed by atoms with Gasteiger partial charge in [0.15, 0.2) is 0 Å². The predicted octanol–water partition coefficient (Wildman–Crippen LogP) is 1.20. The van der Waals surface area contributed by atoms with Crippen molar-refractivity contribution in [1.82, 2.24) is 25.5 Å². The number of hydrogen-bond donors (Lipinski definition) is 1. The molecule has 0 aliphatic heterocycles. The first-order chi connectivity index (χ1) is 9.15. The molecule has 0 saturated heterocycles. The van der Waals surface area contributed by atoms with E-state index in [4.69, 9.17) is 0 Å². The third-order valence-electron chi connectivity index (χ3n) is 2.36. The van der Waals surface area contributed by atoms with Gasteiger partial charge in [0, 0.05) is 12.1 Å². The molecule has 0 bridgehead atoms. The summed E-state index contributed by atoms with van der Waals surface area (Å²) in [6.45, 7) is 3.85. The fourth-order valence-electron chi connectivity index (χ4n) is 1.52. The summed E-state index contributed by atoms with van der Waals surface area (Å²) in [6, 6.07) is 7.71. The number of benzene rings is 1. The maximum Gasteiger partial charge on any atom is 0.244 e. The van der Waals surface area contributed by atoms with E-state index in [1.54, 1.807) is 10.8 Å². The zero-order valence-electron chi connectivity index (χ0n) is 10.8. The second kappa shape index (κ2) is 5.90. The van der Waals surface area contributed by atoms with E-state index in [2.05, 4.69) is 20.8 Å². The molecular formula is C13H15N5O. The molecule has 1 aromatic carbocycles. The summed E-state index contributed by atoms with van der Waals surface area (Å²) in [4.78, 5) is 11.5. The molecule has 0 spiro atoms. The molecule has 2 rings (SSSR count). The summed E-state index contributed by atoms with van der Waals surface area (Å²) in [5.74, 6) is -0.0976. The average molecular weight is 257 g/mol. The van der Waals surface area contributed by atoms with E-state index in [-0.39, 0.29) is 11.9 Å². The molecule has 0 unspecified atom stereocenters. The topological polar surface area (TPSA) is 72.7 Å². The summed E-state index contributed by atoms with van der Waals surface area (Å²) in [6.07, 6.45) is 4.81. The van der Waals surface area contributed by atoms with E-state index in [9.17, 15) is 4.79 Å². The van der Waals surface area contributed by atoms with Gasteiger partial charge in [-0.05, 0) is 48.0 Å². The summed E-state index contributed by atoms with van der Waals surface area (Å²) in [5.41, 5.74) is 1.81. The third kappa shape index (κ3) is 3.74. The molecule has 6 heteroatoms. The minimum Gasteiger partial charge on any atom is -0.350 e. The predicted molar refractivity (Wildman–Crippen MR) is 71.5 cm³/mol. The van der Waals surface area contributed by atoms with Crippen LogP contribution in [0.1, 0.15) is 19.4 Å². The van der Waals surface area contributed by atoms with Gasteiger partial charge in [0.2, 0.25) is 5.91 Å². The van der Waals surface area contributed by atoms with Crippen molar-refractivity contribution in [2.24, 2.45) is 0 Å². The lowest BCUT2D eigenvalue weighted by atomic mass is 10.2. The van der Waals surface area contributed by atoms with Crippen LogP contribution >= 0.6 is 0 Å². The number of nitrogens with one attached hydrogen (secondary N) is 1. The number of tetrazole rings is 1. The van der Waals surface area contributed by atoms with Crippen LogP contribution in [-0.2, 0) is 4.79 Å². The number of carbonyl (C=O) groups is 1. The van der Waals surface area contributed by atoms with Crippen molar-refractivity contribution < 1.29 is 4.79 Å². The van der Waals surface area contributed by atoms with Gasteiger partial charge in [-0.25, -0.2) is 4.68 Å². The van der Waals surface area contributed by atoms with E-state index < -0.39 is 0 Å². The maximum atomic E-state index is 11.5. The zero-order chi connectivity index (χ0) is 13.7. The molecule has 98 valence electrons. The molecule has 19 heavy (non-hydrogen) atoms.